The zero-order chi connectivity index (χ0) is 23.1. The van der Waals surface area contributed by atoms with Gasteiger partial charge in [0.15, 0.2) is 17.0 Å². The van der Waals surface area contributed by atoms with Crippen molar-refractivity contribution in [2.75, 3.05) is 36.0 Å². The molecule has 6 rings (SSSR count). The van der Waals surface area contributed by atoms with E-state index in [4.69, 9.17) is 9.97 Å². The maximum atomic E-state index is 11.4. The molecule has 0 radical (unpaired) electrons. The van der Waals surface area contributed by atoms with Gasteiger partial charge in [0, 0.05) is 49.6 Å². The van der Waals surface area contributed by atoms with Gasteiger partial charge in [-0.05, 0) is 18.2 Å². The first-order valence-corrected chi connectivity index (χ1v) is 10.9. The molecule has 0 atom stereocenters. The Hall–Kier alpha value is -4.54. The summed E-state index contributed by atoms with van der Waals surface area (Å²) in [7, 11) is 0. The van der Waals surface area contributed by atoms with Gasteiger partial charge in [0.1, 0.15) is 6.54 Å². The van der Waals surface area contributed by atoms with Crippen LogP contribution in [-0.2, 0) is 11.3 Å². The summed E-state index contributed by atoms with van der Waals surface area (Å²) in [5, 5.41) is 14.9. The number of carboxylic acids is 1. The highest BCUT2D eigenvalue weighted by Gasteiger charge is 2.24. The normalized spacial score (nSPS) is 14.2. The molecule has 11 heteroatoms. The Morgan fingerprint density at radius 1 is 0.971 bits per heavy atom. The van der Waals surface area contributed by atoms with Crippen LogP contribution in [0.4, 0.5) is 11.6 Å². The predicted molar refractivity (Wildman–Crippen MR) is 126 cm³/mol. The van der Waals surface area contributed by atoms with Gasteiger partial charge in [-0.3, -0.25) is 9.78 Å². The minimum absolute atomic E-state index is 0.234. The Morgan fingerprint density at radius 2 is 1.74 bits per heavy atom. The lowest BCUT2D eigenvalue weighted by Gasteiger charge is -2.36. The number of hydrogen-bond acceptors (Lipinski definition) is 8. The number of piperazine rings is 1. The zero-order valence-electron chi connectivity index (χ0n) is 18.2. The summed E-state index contributed by atoms with van der Waals surface area (Å²) in [5.74, 6) is 0.0991. The SMILES string of the molecule is O=C(O)Cn1cnc2c(-n3ncc4ccccc43)nc(N3CCN(c4ccncc4)CC3)nc21. The molecule has 1 aliphatic heterocycles. The molecule has 0 amide bonds. The molecule has 1 saturated heterocycles. The van der Waals surface area contributed by atoms with Crippen molar-refractivity contribution >= 4 is 39.7 Å². The first-order valence-electron chi connectivity index (χ1n) is 10.9. The van der Waals surface area contributed by atoms with Crippen molar-refractivity contribution in [1.82, 2.24) is 34.3 Å². The minimum atomic E-state index is -0.962. The molecule has 0 saturated carbocycles. The first kappa shape index (κ1) is 20.1. The predicted octanol–water partition coefficient (Wildman–Crippen LogP) is 1.97. The zero-order valence-corrected chi connectivity index (χ0v) is 18.2. The summed E-state index contributed by atoms with van der Waals surface area (Å²) in [5.41, 5.74) is 3.01. The van der Waals surface area contributed by atoms with Gasteiger partial charge in [0.25, 0.3) is 0 Å². The van der Waals surface area contributed by atoms with Crippen LogP contribution < -0.4 is 9.80 Å². The molecule has 1 N–H and O–H groups in total. The van der Waals surface area contributed by atoms with Gasteiger partial charge in [-0.25, -0.2) is 9.67 Å². The van der Waals surface area contributed by atoms with Gasteiger partial charge in [0.05, 0.1) is 18.0 Å². The van der Waals surface area contributed by atoms with Crippen LogP contribution in [0.2, 0.25) is 0 Å². The van der Waals surface area contributed by atoms with Gasteiger partial charge in [-0.15, -0.1) is 0 Å². The number of carboxylic acid groups (broad SMARTS) is 1. The van der Waals surface area contributed by atoms with Crippen LogP contribution in [0.25, 0.3) is 27.9 Å². The van der Waals surface area contributed by atoms with E-state index < -0.39 is 5.97 Å². The summed E-state index contributed by atoms with van der Waals surface area (Å²) in [6.07, 6.45) is 6.87. The van der Waals surface area contributed by atoms with Crippen molar-refractivity contribution in [2.45, 2.75) is 6.54 Å². The molecule has 0 aliphatic carbocycles. The Bertz CT molecular complexity index is 1490. The standard InChI is InChI=1S/C23H21N9O2/c33-19(34)14-31-15-25-20-21(31)27-23(28-22(20)32-18-4-2-1-3-16(18)13-26-32)30-11-9-29(10-12-30)17-5-7-24-8-6-17/h1-8,13,15H,9-12,14H2,(H,33,34). The smallest absolute Gasteiger partial charge is 0.323 e. The summed E-state index contributed by atoms with van der Waals surface area (Å²) >= 11 is 0. The van der Waals surface area contributed by atoms with Crippen molar-refractivity contribution in [2.24, 2.45) is 0 Å². The van der Waals surface area contributed by atoms with Crippen molar-refractivity contribution in [3.05, 3.63) is 61.3 Å². The van der Waals surface area contributed by atoms with E-state index in [1.165, 1.54) is 10.9 Å². The molecule has 11 nitrogen and oxygen atoms in total. The largest absolute Gasteiger partial charge is 0.480 e. The molecule has 1 fully saturated rings. The monoisotopic (exact) mass is 455 g/mol. The second kappa shape index (κ2) is 8.10. The average Bonchev–Trinajstić information content (AvgIpc) is 3.48. The lowest BCUT2D eigenvalue weighted by Crippen LogP contribution is -2.47. The van der Waals surface area contributed by atoms with Crippen LogP contribution >= 0.6 is 0 Å². The number of imidazole rings is 1. The summed E-state index contributed by atoms with van der Waals surface area (Å²) in [6, 6.07) is 11.9. The summed E-state index contributed by atoms with van der Waals surface area (Å²) in [4.78, 5) is 34.0. The molecular weight excluding hydrogens is 434 g/mol. The average molecular weight is 455 g/mol. The molecule has 4 aromatic heterocycles. The third-order valence-corrected chi connectivity index (χ3v) is 6.01. The lowest BCUT2D eigenvalue weighted by molar-refractivity contribution is -0.137. The summed E-state index contributed by atoms with van der Waals surface area (Å²) < 4.78 is 3.28. The van der Waals surface area contributed by atoms with Gasteiger partial charge < -0.3 is 19.5 Å². The second-order valence-electron chi connectivity index (χ2n) is 8.08. The first-order chi connectivity index (χ1) is 16.7. The fraction of sp³-hybridized carbons (Fsp3) is 0.217. The van der Waals surface area contributed by atoms with E-state index >= 15 is 0 Å². The Balaban J connectivity index is 1.42. The van der Waals surface area contributed by atoms with Crippen molar-refractivity contribution < 1.29 is 9.90 Å². The number of rotatable bonds is 5. The Kier molecular flexibility index (Phi) is 4.79. The summed E-state index contributed by atoms with van der Waals surface area (Å²) in [6.45, 7) is 2.82. The number of para-hydroxylation sites is 1. The Morgan fingerprint density at radius 3 is 2.53 bits per heavy atom. The van der Waals surface area contributed by atoms with E-state index in [2.05, 4.69) is 24.9 Å². The highest BCUT2D eigenvalue weighted by Crippen LogP contribution is 2.26. The Labute approximate surface area is 193 Å². The van der Waals surface area contributed by atoms with Gasteiger partial charge in [-0.2, -0.15) is 15.1 Å². The number of pyridine rings is 1. The number of aromatic nitrogens is 7. The molecule has 5 aromatic rings. The number of hydrogen-bond donors (Lipinski definition) is 1. The van der Waals surface area contributed by atoms with Crippen LogP contribution in [-0.4, -0.2) is 71.5 Å². The van der Waals surface area contributed by atoms with Crippen molar-refractivity contribution in [1.29, 1.82) is 0 Å². The fourth-order valence-corrected chi connectivity index (χ4v) is 4.33. The molecule has 1 aromatic carbocycles. The van der Waals surface area contributed by atoms with E-state index in [9.17, 15) is 9.90 Å². The van der Waals surface area contributed by atoms with Crippen LogP contribution in [0, 0.1) is 0 Å². The topological polar surface area (TPSA) is 118 Å². The number of anilines is 2. The highest BCUT2D eigenvalue weighted by atomic mass is 16.4. The van der Waals surface area contributed by atoms with Gasteiger partial charge >= 0.3 is 5.97 Å². The van der Waals surface area contributed by atoms with Crippen LogP contribution in [0.1, 0.15) is 0 Å². The molecule has 0 spiro atoms. The third kappa shape index (κ3) is 3.47. The number of fused-ring (bicyclic) bond motifs is 2. The number of aliphatic carboxylic acids is 1. The minimum Gasteiger partial charge on any atom is -0.480 e. The van der Waals surface area contributed by atoms with E-state index in [1.807, 2.05) is 36.4 Å². The van der Waals surface area contributed by atoms with Crippen LogP contribution in [0.15, 0.2) is 61.3 Å². The van der Waals surface area contributed by atoms with E-state index in [0.717, 1.165) is 42.8 Å². The van der Waals surface area contributed by atoms with E-state index in [1.54, 1.807) is 23.3 Å². The van der Waals surface area contributed by atoms with E-state index in [0.29, 0.717) is 22.9 Å². The molecule has 5 heterocycles. The van der Waals surface area contributed by atoms with Crippen LogP contribution in [0.5, 0.6) is 0 Å². The van der Waals surface area contributed by atoms with Gasteiger partial charge in [0.2, 0.25) is 5.95 Å². The molecule has 0 bridgehead atoms. The third-order valence-electron chi connectivity index (χ3n) is 6.01. The fourth-order valence-electron chi connectivity index (χ4n) is 4.33. The molecular formula is C23H21N9O2. The molecule has 34 heavy (non-hydrogen) atoms. The maximum Gasteiger partial charge on any atom is 0.323 e. The van der Waals surface area contributed by atoms with Crippen molar-refractivity contribution in [3.8, 4) is 5.82 Å². The maximum absolute atomic E-state index is 11.4. The lowest BCUT2D eigenvalue weighted by atomic mass is 10.2. The van der Waals surface area contributed by atoms with Gasteiger partial charge in [-0.1, -0.05) is 18.2 Å². The quantitative estimate of drug-likeness (QED) is 0.424. The molecule has 1 aliphatic rings. The van der Waals surface area contributed by atoms with Crippen molar-refractivity contribution in [3.63, 3.8) is 0 Å². The molecule has 170 valence electrons. The van der Waals surface area contributed by atoms with E-state index in [-0.39, 0.29) is 6.54 Å². The second-order valence-corrected chi connectivity index (χ2v) is 8.08. The number of benzene rings is 1. The number of nitrogens with zero attached hydrogens (tertiary/aromatic N) is 9. The van der Waals surface area contributed by atoms with Crippen LogP contribution in [0.3, 0.4) is 0 Å². The molecule has 0 unspecified atom stereocenters. The number of carbonyl (C=O) groups is 1. The highest BCUT2D eigenvalue weighted by molar-refractivity contribution is 5.86.